The summed E-state index contributed by atoms with van der Waals surface area (Å²) in [6, 6.07) is 26.6. The van der Waals surface area contributed by atoms with Crippen molar-refractivity contribution in [2.24, 2.45) is 0 Å². The third kappa shape index (κ3) is 13.2. The largest absolute Gasteiger partial charge is 0.464 e. The Bertz CT molecular complexity index is 1560. The van der Waals surface area contributed by atoms with E-state index in [1.54, 1.807) is 0 Å². The highest BCUT2D eigenvalue weighted by molar-refractivity contribution is 5.77. The van der Waals surface area contributed by atoms with Crippen molar-refractivity contribution in [1.82, 2.24) is 16.0 Å². The number of ether oxygens (including phenoxy) is 6. The number of nitrogens with one attached hydrogen (secondary N) is 3. The zero-order valence-corrected chi connectivity index (χ0v) is 32.8. The Labute approximate surface area is 324 Å². The Morgan fingerprint density at radius 1 is 0.600 bits per heavy atom. The molecule has 12 nitrogen and oxygen atoms in total. The van der Waals surface area contributed by atoms with Crippen LogP contribution < -0.4 is 16.0 Å². The lowest BCUT2D eigenvalue weighted by Gasteiger charge is -2.51. The van der Waals surface area contributed by atoms with Crippen LogP contribution in [0.1, 0.15) is 64.7 Å². The SMILES string of the molecule is CC(C)(C)OC(=O)CN[C@@H]1C(OCc2ccccc2)[C@H](NCC(=O)OC(C)(C)C)[C@H](OCc2ccccc2)C(NC2CCOC2=O)[C@@H]1OCc1ccccc1. The van der Waals surface area contributed by atoms with E-state index in [0.717, 1.165) is 16.7 Å². The monoisotopic (exact) mass is 759 g/mol. The molecule has 55 heavy (non-hydrogen) atoms. The Hall–Kier alpha value is -4.17. The molecule has 0 bridgehead atoms. The minimum absolute atomic E-state index is 0.162. The van der Waals surface area contributed by atoms with Gasteiger partial charge in [-0.3, -0.25) is 30.3 Å². The summed E-state index contributed by atoms with van der Waals surface area (Å²) in [6.07, 6.45) is -1.78. The van der Waals surface area contributed by atoms with E-state index < -0.39 is 65.6 Å². The molecule has 3 aromatic rings. The summed E-state index contributed by atoms with van der Waals surface area (Å²) < 4.78 is 37.4. The smallest absolute Gasteiger partial charge is 0.323 e. The average Bonchev–Trinajstić information content (AvgIpc) is 3.55. The summed E-state index contributed by atoms with van der Waals surface area (Å²) in [7, 11) is 0. The zero-order chi connectivity index (χ0) is 39.4. The molecule has 1 heterocycles. The van der Waals surface area contributed by atoms with Gasteiger partial charge in [-0.2, -0.15) is 0 Å². The third-order valence-electron chi connectivity index (χ3n) is 9.11. The molecule has 0 spiro atoms. The highest BCUT2D eigenvalue weighted by Crippen LogP contribution is 2.32. The molecule has 3 N–H and O–H groups in total. The van der Waals surface area contributed by atoms with Gasteiger partial charge in [0, 0.05) is 6.42 Å². The molecule has 2 aliphatic rings. The van der Waals surface area contributed by atoms with Gasteiger partial charge in [0.25, 0.3) is 0 Å². The molecule has 2 fully saturated rings. The maximum atomic E-state index is 13.3. The molecule has 0 aromatic heterocycles. The van der Waals surface area contributed by atoms with E-state index in [1.165, 1.54) is 0 Å². The maximum absolute atomic E-state index is 13.3. The van der Waals surface area contributed by atoms with Gasteiger partial charge in [0.2, 0.25) is 0 Å². The molecule has 5 rings (SSSR count). The number of hydrogen-bond donors (Lipinski definition) is 3. The van der Waals surface area contributed by atoms with Gasteiger partial charge in [-0.05, 0) is 58.2 Å². The number of rotatable bonds is 17. The van der Waals surface area contributed by atoms with Crippen molar-refractivity contribution in [3.63, 3.8) is 0 Å². The highest BCUT2D eigenvalue weighted by Gasteiger charge is 2.54. The molecule has 7 atom stereocenters. The van der Waals surface area contributed by atoms with Crippen LogP contribution in [0, 0.1) is 0 Å². The van der Waals surface area contributed by atoms with E-state index in [0.29, 0.717) is 6.42 Å². The summed E-state index contributed by atoms with van der Waals surface area (Å²) in [5.41, 5.74) is 1.37. The van der Waals surface area contributed by atoms with Crippen LogP contribution in [-0.2, 0) is 62.6 Å². The van der Waals surface area contributed by atoms with E-state index in [9.17, 15) is 14.4 Å². The van der Waals surface area contributed by atoms with Gasteiger partial charge in [0.05, 0.1) is 76.0 Å². The van der Waals surface area contributed by atoms with Gasteiger partial charge in [0.1, 0.15) is 17.2 Å². The van der Waals surface area contributed by atoms with Crippen molar-refractivity contribution >= 4 is 17.9 Å². The molecule has 3 unspecified atom stereocenters. The molecular weight excluding hydrogens is 702 g/mol. The molecule has 1 aliphatic heterocycles. The lowest BCUT2D eigenvalue weighted by atomic mass is 9.78. The van der Waals surface area contributed by atoms with Crippen LogP contribution in [0.25, 0.3) is 0 Å². The standard InChI is InChI=1S/C43H57N3O9/c1-42(2,3)54-33(47)24-44-35-38(51-26-29-16-10-7-11-17-29)36(45-25-34(48)55-43(4,5)6)40(53-28-31-20-14-9-15-21-31)37(46-32-22-23-50-41(32)49)39(35)52-27-30-18-12-8-13-19-30/h7-21,32,35-40,44-46H,22-28H2,1-6H3/t32?,35-,36+,37?,38?,39-,40+. The first-order valence-corrected chi connectivity index (χ1v) is 19.1. The van der Waals surface area contributed by atoms with E-state index >= 15 is 0 Å². The lowest BCUT2D eigenvalue weighted by Crippen LogP contribution is -2.76. The quantitative estimate of drug-likeness (QED) is 0.131. The van der Waals surface area contributed by atoms with Gasteiger partial charge < -0.3 is 28.4 Å². The first-order chi connectivity index (χ1) is 26.3. The van der Waals surface area contributed by atoms with Gasteiger partial charge in [-0.1, -0.05) is 91.0 Å². The second kappa shape index (κ2) is 19.6. The van der Waals surface area contributed by atoms with Crippen molar-refractivity contribution in [2.45, 2.75) is 121 Å². The first-order valence-electron chi connectivity index (χ1n) is 19.1. The van der Waals surface area contributed by atoms with Crippen LogP contribution in [0.2, 0.25) is 0 Å². The van der Waals surface area contributed by atoms with E-state index in [-0.39, 0.29) is 45.5 Å². The van der Waals surface area contributed by atoms with Crippen LogP contribution in [-0.4, -0.2) is 91.3 Å². The van der Waals surface area contributed by atoms with Gasteiger partial charge in [-0.15, -0.1) is 0 Å². The predicted octanol–water partition coefficient (Wildman–Crippen LogP) is 4.63. The van der Waals surface area contributed by atoms with Crippen LogP contribution in [0.5, 0.6) is 0 Å². The fraction of sp³-hybridized carbons (Fsp3) is 0.512. The summed E-state index contributed by atoms with van der Waals surface area (Å²) in [5.74, 6) is -1.29. The van der Waals surface area contributed by atoms with Crippen molar-refractivity contribution in [1.29, 1.82) is 0 Å². The normalized spacial score (nSPS) is 24.3. The van der Waals surface area contributed by atoms with Crippen LogP contribution in [0.3, 0.4) is 0 Å². The van der Waals surface area contributed by atoms with Crippen molar-refractivity contribution < 1.29 is 42.8 Å². The van der Waals surface area contributed by atoms with E-state index in [2.05, 4.69) is 16.0 Å². The zero-order valence-electron chi connectivity index (χ0n) is 32.8. The Balaban J connectivity index is 1.60. The van der Waals surface area contributed by atoms with Crippen molar-refractivity contribution in [3.8, 4) is 0 Å². The molecular formula is C43H57N3O9. The molecule has 12 heteroatoms. The number of hydrogen-bond acceptors (Lipinski definition) is 12. The van der Waals surface area contributed by atoms with Gasteiger partial charge in [0.15, 0.2) is 0 Å². The summed E-state index contributed by atoms with van der Waals surface area (Å²) in [5, 5.41) is 10.4. The second-order valence-electron chi connectivity index (χ2n) is 16.0. The molecule has 1 aliphatic carbocycles. The predicted molar refractivity (Wildman–Crippen MR) is 207 cm³/mol. The number of benzene rings is 3. The summed E-state index contributed by atoms with van der Waals surface area (Å²) in [4.78, 5) is 39.6. The third-order valence-corrected chi connectivity index (χ3v) is 9.11. The Morgan fingerprint density at radius 2 is 0.964 bits per heavy atom. The second-order valence-corrected chi connectivity index (χ2v) is 16.0. The summed E-state index contributed by atoms with van der Waals surface area (Å²) >= 11 is 0. The van der Waals surface area contributed by atoms with Crippen molar-refractivity contribution in [2.75, 3.05) is 19.7 Å². The number of esters is 3. The molecule has 3 aromatic carbocycles. The molecule has 0 amide bonds. The van der Waals surface area contributed by atoms with E-state index in [4.69, 9.17) is 28.4 Å². The number of cyclic esters (lactones) is 1. The molecule has 298 valence electrons. The van der Waals surface area contributed by atoms with Gasteiger partial charge in [-0.25, -0.2) is 0 Å². The number of carbonyl (C=O) groups excluding carboxylic acids is 3. The number of carbonyl (C=O) groups is 3. The Kier molecular flexibility index (Phi) is 15.0. The topological polar surface area (TPSA) is 143 Å². The van der Waals surface area contributed by atoms with Gasteiger partial charge >= 0.3 is 17.9 Å². The first kappa shape index (κ1) is 42.0. The van der Waals surface area contributed by atoms with Crippen molar-refractivity contribution in [3.05, 3.63) is 108 Å². The van der Waals surface area contributed by atoms with Crippen LogP contribution in [0.4, 0.5) is 0 Å². The van der Waals surface area contributed by atoms with Crippen LogP contribution >= 0.6 is 0 Å². The summed E-state index contributed by atoms with van der Waals surface area (Å²) in [6.45, 7) is 11.5. The Morgan fingerprint density at radius 3 is 1.29 bits per heavy atom. The molecule has 1 saturated carbocycles. The minimum Gasteiger partial charge on any atom is -0.464 e. The molecule has 1 saturated heterocycles. The highest BCUT2D eigenvalue weighted by atomic mass is 16.6. The fourth-order valence-electron chi connectivity index (χ4n) is 6.84. The maximum Gasteiger partial charge on any atom is 0.323 e. The lowest BCUT2D eigenvalue weighted by molar-refractivity contribution is -0.171. The van der Waals surface area contributed by atoms with Crippen LogP contribution in [0.15, 0.2) is 91.0 Å². The molecule has 0 radical (unpaired) electrons. The minimum atomic E-state index is -0.750. The van der Waals surface area contributed by atoms with E-state index in [1.807, 2.05) is 133 Å². The average molecular weight is 760 g/mol. The fourth-order valence-corrected chi connectivity index (χ4v) is 6.84.